The van der Waals surface area contributed by atoms with Gasteiger partial charge < -0.3 is 14.4 Å². The minimum absolute atomic E-state index is 0.0288. The molecule has 0 aliphatic heterocycles. The minimum Gasteiger partial charge on any atom is -0.484 e. The Balaban J connectivity index is 1.90. The largest absolute Gasteiger partial charge is 0.484 e. The number of carbonyl (C=O) groups is 1. The summed E-state index contributed by atoms with van der Waals surface area (Å²) in [7, 11) is 0. The smallest absolute Gasteiger partial charge is 0.307 e. The first-order chi connectivity index (χ1) is 10.2. The van der Waals surface area contributed by atoms with Gasteiger partial charge in [0, 0.05) is 6.42 Å². The van der Waals surface area contributed by atoms with Gasteiger partial charge in [-0.1, -0.05) is 30.6 Å². The molecule has 0 aliphatic rings. The number of aliphatic carboxylic acids is 1. The fraction of sp³-hybridized carbons (Fsp3) is 0.400. The highest BCUT2D eigenvalue weighted by molar-refractivity contribution is 5.70. The van der Waals surface area contributed by atoms with Crippen LogP contribution in [0.15, 0.2) is 28.8 Å². The van der Waals surface area contributed by atoms with Crippen LogP contribution in [-0.2, 0) is 24.2 Å². The van der Waals surface area contributed by atoms with Crippen LogP contribution in [0.3, 0.4) is 0 Å². The fourth-order valence-electron chi connectivity index (χ4n) is 1.85. The monoisotopic (exact) mass is 290 g/mol. The zero-order valence-corrected chi connectivity index (χ0v) is 11.9. The van der Waals surface area contributed by atoms with Crippen LogP contribution in [0.1, 0.15) is 37.0 Å². The number of aromatic nitrogens is 2. The Morgan fingerprint density at radius 3 is 3.05 bits per heavy atom. The van der Waals surface area contributed by atoms with Gasteiger partial charge in [-0.25, -0.2) is 0 Å². The number of carboxylic acids is 1. The summed E-state index contributed by atoms with van der Waals surface area (Å²) >= 11 is 0. The van der Waals surface area contributed by atoms with E-state index >= 15 is 0 Å². The molecule has 1 aromatic heterocycles. The summed E-state index contributed by atoms with van der Waals surface area (Å²) in [6, 6.07) is 6.97. The van der Waals surface area contributed by atoms with Gasteiger partial charge in [-0.05, 0) is 24.1 Å². The van der Waals surface area contributed by atoms with E-state index in [0.717, 1.165) is 19.3 Å². The first-order valence-corrected chi connectivity index (χ1v) is 6.92. The third kappa shape index (κ3) is 4.91. The van der Waals surface area contributed by atoms with Crippen molar-refractivity contribution in [2.45, 2.75) is 39.2 Å². The van der Waals surface area contributed by atoms with E-state index in [1.54, 1.807) is 24.3 Å². The Morgan fingerprint density at radius 2 is 2.29 bits per heavy atom. The molecule has 1 heterocycles. The SMILES string of the molecule is CCCCc1noc(COc2cccc(CC(=O)O)c2)n1. The summed E-state index contributed by atoms with van der Waals surface area (Å²) in [6.45, 7) is 2.28. The quantitative estimate of drug-likeness (QED) is 0.804. The van der Waals surface area contributed by atoms with Crippen LogP contribution in [0.5, 0.6) is 5.75 Å². The Labute approximate surface area is 122 Å². The van der Waals surface area contributed by atoms with E-state index in [0.29, 0.717) is 23.0 Å². The average Bonchev–Trinajstić information content (AvgIpc) is 2.90. The van der Waals surface area contributed by atoms with Crippen LogP contribution in [-0.4, -0.2) is 21.2 Å². The van der Waals surface area contributed by atoms with E-state index in [-0.39, 0.29) is 13.0 Å². The molecule has 21 heavy (non-hydrogen) atoms. The zero-order chi connectivity index (χ0) is 15.1. The van der Waals surface area contributed by atoms with Crippen molar-refractivity contribution in [3.63, 3.8) is 0 Å². The predicted molar refractivity (Wildman–Crippen MR) is 75.0 cm³/mol. The molecule has 6 heteroatoms. The van der Waals surface area contributed by atoms with Gasteiger partial charge in [0.1, 0.15) is 5.75 Å². The number of benzene rings is 1. The van der Waals surface area contributed by atoms with Gasteiger partial charge in [0.25, 0.3) is 5.89 Å². The lowest BCUT2D eigenvalue weighted by molar-refractivity contribution is -0.136. The molecule has 0 aliphatic carbocycles. The number of rotatable bonds is 8. The third-order valence-corrected chi connectivity index (χ3v) is 2.88. The molecule has 0 atom stereocenters. The number of carboxylic acid groups (broad SMARTS) is 1. The second-order valence-corrected chi connectivity index (χ2v) is 4.71. The van der Waals surface area contributed by atoms with E-state index in [1.165, 1.54) is 0 Å². The predicted octanol–water partition coefficient (Wildman–Crippen LogP) is 2.62. The van der Waals surface area contributed by atoms with Crippen LogP contribution in [0.4, 0.5) is 0 Å². The lowest BCUT2D eigenvalue weighted by atomic mass is 10.1. The second kappa shape index (κ2) is 7.42. The van der Waals surface area contributed by atoms with Gasteiger partial charge in [-0.15, -0.1) is 0 Å². The number of aryl methyl sites for hydroxylation is 1. The highest BCUT2D eigenvalue weighted by Gasteiger charge is 2.07. The summed E-state index contributed by atoms with van der Waals surface area (Å²) in [5.41, 5.74) is 0.689. The number of unbranched alkanes of at least 4 members (excludes halogenated alkanes) is 1. The molecule has 0 saturated heterocycles. The molecule has 2 aromatic rings. The molecule has 0 radical (unpaired) electrons. The minimum atomic E-state index is -0.871. The van der Waals surface area contributed by atoms with Crippen LogP contribution in [0.2, 0.25) is 0 Å². The maximum atomic E-state index is 10.7. The van der Waals surface area contributed by atoms with Gasteiger partial charge in [0.15, 0.2) is 12.4 Å². The lowest BCUT2D eigenvalue weighted by Gasteiger charge is -2.04. The zero-order valence-electron chi connectivity index (χ0n) is 11.9. The molecule has 1 N–H and O–H groups in total. The molecule has 0 saturated carbocycles. The average molecular weight is 290 g/mol. The van der Waals surface area contributed by atoms with Gasteiger partial charge >= 0.3 is 5.97 Å². The van der Waals surface area contributed by atoms with Crippen molar-refractivity contribution >= 4 is 5.97 Å². The van der Waals surface area contributed by atoms with Crippen LogP contribution >= 0.6 is 0 Å². The maximum absolute atomic E-state index is 10.7. The van der Waals surface area contributed by atoms with Crippen molar-refractivity contribution in [1.82, 2.24) is 10.1 Å². The fourth-order valence-corrected chi connectivity index (χ4v) is 1.85. The second-order valence-electron chi connectivity index (χ2n) is 4.71. The Morgan fingerprint density at radius 1 is 1.43 bits per heavy atom. The third-order valence-electron chi connectivity index (χ3n) is 2.88. The van der Waals surface area contributed by atoms with Gasteiger partial charge in [0.05, 0.1) is 6.42 Å². The lowest BCUT2D eigenvalue weighted by Crippen LogP contribution is -2.01. The van der Waals surface area contributed by atoms with Crippen molar-refractivity contribution < 1.29 is 19.2 Å². The summed E-state index contributed by atoms with van der Waals surface area (Å²) in [4.78, 5) is 14.9. The van der Waals surface area contributed by atoms with E-state index < -0.39 is 5.97 Å². The maximum Gasteiger partial charge on any atom is 0.307 e. The standard InChI is InChI=1S/C15H18N2O4/c1-2-3-7-13-16-14(21-17-13)10-20-12-6-4-5-11(8-12)9-15(18)19/h4-6,8H,2-3,7,9-10H2,1H3,(H,18,19). The Kier molecular flexibility index (Phi) is 5.31. The van der Waals surface area contributed by atoms with E-state index in [9.17, 15) is 4.79 Å². The number of nitrogens with zero attached hydrogens (tertiary/aromatic N) is 2. The van der Waals surface area contributed by atoms with Crippen molar-refractivity contribution in [2.24, 2.45) is 0 Å². The van der Waals surface area contributed by atoms with Gasteiger partial charge in [-0.3, -0.25) is 4.79 Å². The summed E-state index contributed by atoms with van der Waals surface area (Å²) in [6.07, 6.45) is 2.88. The van der Waals surface area contributed by atoms with E-state index in [1.807, 2.05) is 0 Å². The first kappa shape index (κ1) is 15.0. The normalized spacial score (nSPS) is 10.5. The van der Waals surface area contributed by atoms with Gasteiger partial charge in [0.2, 0.25) is 0 Å². The molecule has 0 amide bonds. The molecule has 6 nitrogen and oxygen atoms in total. The highest BCUT2D eigenvalue weighted by Crippen LogP contribution is 2.15. The van der Waals surface area contributed by atoms with Crippen LogP contribution < -0.4 is 4.74 Å². The summed E-state index contributed by atoms with van der Waals surface area (Å²) in [5.74, 6) is 0.825. The van der Waals surface area contributed by atoms with Crippen LogP contribution in [0.25, 0.3) is 0 Å². The molecule has 2 rings (SSSR count). The Bertz CT molecular complexity index is 595. The number of hydrogen-bond donors (Lipinski definition) is 1. The molecule has 0 spiro atoms. The van der Waals surface area contributed by atoms with Crippen molar-refractivity contribution in [2.75, 3.05) is 0 Å². The van der Waals surface area contributed by atoms with Crippen molar-refractivity contribution in [3.8, 4) is 5.75 Å². The molecule has 1 aromatic carbocycles. The Hall–Kier alpha value is -2.37. The van der Waals surface area contributed by atoms with Gasteiger partial charge in [-0.2, -0.15) is 4.98 Å². The molecular formula is C15H18N2O4. The molecule has 0 bridgehead atoms. The number of ether oxygens (including phenoxy) is 1. The van der Waals surface area contributed by atoms with Crippen molar-refractivity contribution in [1.29, 1.82) is 0 Å². The van der Waals surface area contributed by atoms with Crippen LogP contribution in [0, 0.1) is 0 Å². The van der Waals surface area contributed by atoms with E-state index in [4.69, 9.17) is 14.4 Å². The first-order valence-electron chi connectivity index (χ1n) is 6.92. The van der Waals surface area contributed by atoms with Crippen molar-refractivity contribution in [3.05, 3.63) is 41.5 Å². The number of hydrogen-bond acceptors (Lipinski definition) is 5. The van der Waals surface area contributed by atoms with E-state index in [2.05, 4.69) is 17.1 Å². The molecule has 0 unspecified atom stereocenters. The summed E-state index contributed by atoms with van der Waals surface area (Å²) in [5, 5.41) is 12.6. The highest BCUT2D eigenvalue weighted by atomic mass is 16.5. The molecule has 112 valence electrons. The topological polar surface area (TPSA) is 85.5 Å². The molecular weight excluding hydrogens is 272 g/mol. The molecule has 0 fully saturated rings. The summed E-state index contributed by atoms with van der Waals surface area (Å²) < 4.78 is 10.6.